The molecule has 7 nitrogen and oxygen atoms in total. The van der Waals surface area contributed by atoms with Crippen molar-refractivity contribution in [2.24, 2.45) is 5.92 Å². The summed E-state index contributed by atoms with van der Waals surface area (Å²) < 4.78 is 23.5. The molecule has 2 aromatic heterocycles. The Bertz CT molecular complexity index is 935. The summed E-state index contributed by atoms with van der Waals surface area (Å²) in [7, 11) is 0. The largest absolute Gasteiger partial charge is 0.438 e. The van der Waals surface area contributed by atoms with E-state index in [0.717, 1.165) is 12.8 Å². The minimum atomic E-state index is -0.306. The fourth-order valence-corrected chi connectivity index (χ4v) is 3.30. The van der Waals surface area contributed by atoms with Gasteiger partial charge in [0, 0.05) is 25.1 Å². The molecule has 1 amide bonds. The minimum absolute atomic E-state index is 0.106. The molecule has 4 rings (SSSR count). The van der Waals surface area contributed by atoms with Crippen LogP contribution in [0, 0.1) is 18.7 Å². The van der Waals surface area contributed by atoms with Crippen molar-refractivity contribution in [3.8, 4) is 11.5 Å². The second-order valence-corrected chi connectivity index (χ2v) is 6.73. The van der Waals surface area contributed by atoms with Gasteiger partial charge in [0.25, 0.3) is 11.8 Å². The summed E-state index contributed by atoms with van der Waals surface area (Å²) in [6, 6.07) is 5.94. The Morgan fingerprint density at radius 2 is 2.15 bits per heavy atom. The summed E-state index contributed by atoms with van der Waals surface area (Å²) in [4.78, 5) is 22.6. The lowest BCUT2D eigenvalue weighted by Gasteiger charge is -2.14. The van der Waals surface area contributed by atoms with Crippen molar-refractivity contribution in [3.63, 3.8) is 0 Å². The van der Waals surface area contributed by atoms with E-state index in [9.17, 15) is 9.18 Å². The zero-order valence-electron chi connectivity index (χ0n) is 14.9. The van der Waals surface area contributed by atoms with Gasteiger partial charge in [-0.3, -0.25) is 4.79 Å². The van der Waals surface area contributed by atoms with Gasteiger partial charge < -0.3 is 13.8 Å². The highest BCUT2D eigenvalue weighted by Crippen LogP contribution is 2.24. The van der Waals surface area contributed by atoms with Gasteiger partial charge in [-0.1, -0.05) is 5.16 Å². The Kier molecular flexibility index (Phi) is 4.70. The standard InChI is InChI=1S/C19H19FN4O3/c1-12-17(26-11-21-12)19(25)24-9-8-13(10-24)2-7-16-22-18(27-23-16)14-3-5-15(20)6-4-14/h3-6,11,13H,2,7-10H2,1H3. The summed E-state index contributed by atoms with van der Waals surface area (Å²) in [6.45, 7) is 3.15. The van der Waals surface area contributed by atoms with E-state index in [4.69, 9.17) is 8.94 Å². The van der Waals surface area contributed by atoms with Crippen LogP contribution in [0.25, 0.3) is 11.5 Å². The van der Waals surface area contributed by atoms with Crippen LogP contribution in [0.1, 0.15) is 34.9 Å². The number of rotatable bonds is 5. The highest BCUT2D eigenvalue weighted by molar-refractivity contribution is 5.92. The van der Waals surface area contributed by atoms with Crippen molar-refractivity contribution in [1.29, 1.82) is 0 Å². The lowest BCUT2D eigenvalue weighted by molar-refractivity contribution is 0.0754. The van der Waals surface area contributed by atoms with Crippen molar-refractivity contribution in [2.45, 2.75) is 26.2 Å². The van der Waals surface area contributed by atoms with Gasteiger partial charge in [0.05, 0.1) is 5.69 Å². The zero-order chi connectivity index (χ0) is 18.8. The smallest absolute Gasteiger partial charge is 0.291 e. The van der Waals surface area contributed by atoms with Crippen molar-refractivity contribution in [1.82, 2.24) is 20.0 Å². The number of aryl methyl sites for hydroxylation is 2. The van der Waals surface area contributed by atoms with Crippen LogP contribution >= 0.6 is 0 Å². The fraction of sp³-hybridized carbons (Fsp3) is 0.368. The number of carbonyl (C=O) groups excluding carboxylic acids is 1. The monoisotopic (exact) mass is 370 g/mol. The van der Waals surface area contributed by atoms with E-state index in [1.807, 2.05) is 0 Å². The van der Waals surface area contributed by atoms with Crippen LogP contribution in [0.2, 0.25) is 0 Å². The molecule has 27 heavy (non-hydrogen) atoms. The first kappa shape index (κ1) is 17.4. The average molecular weight is 370 g/mol. The zero-order valence-corrected chi connectivity index (χ0v) is 14.9. The molecule has 8 heteroatoms. The number of nitrogens with zero attached hydrogens (tertiary/aromatic N) is 4. The highest BCUT2D eigenvalue weighted by Gasteiger charge is 2.29. The molecule has 0 saturated carbocycles. The molecule has 1 aliphatic rings. The predicted molar refractivity (Wildman–Crippen MR) is 93.3 cm³/mol. The van der Waals surface area contributed by atoms with Crippen LogP contribution in [0.15, 0.2) is 39.6 Å². The van der Waals surface area contributed by atoms with Crippen LogP contribution in [-0.4, -0.2) is 39.0 Å². The number of oxazole rings is 1. The van der Waals surface area contributed by atoms with Gasteiger partial charge in [-0.2, -0.15) is 4.98 Å². The van der Waals surface area contributed by atoms with E-state index in [1.165, 1.54) is 18.5 Å². The molecule has 1 fully saturated rings. The molecule has 0 bridgehead atoms. The lowest BCUT2D eigenvalue weighted by Crippen LogP contribution is -2.29. The predicted octanol–water partition coefficient (Wildman–Crippen LogP) is 3.27. The van der Waals surface area contributed by atoms with Gasteiger partial charge in [-0.15, -0.1) is 0 Å². The van der Waals surface area contributed by atoms with E-state index in [1.54, 1.807) is 24.0 Å². The molecule has 1 atom stereocenters. The molecule has 3 aromatic rings. The maximum atomic E-state index is 13.0. The summed E-state index contributed by atoms with van der Waals surface area (Å²) in [5.74, 6) is 1.28. The van der Waals surface area contributed by atoms with Crippen molar-refractivity contribution < 1.29 is 18.1 Å². The molecule has 3 heterocycles. The molecule has 1 saturated heterocycles. The van der Waals surface area contributed by atoms with Crippen molar-refractivity contribution in [2.75, 3.05) is 13.1 Å². The van der Waals surface area contributed by atoms with E-state index in [-0.39, 0.29) is 11.7 Å². The van der Waals surface area contributed by atoms with Gasteiger partial charge in [-0.25, -0.2) is 9.37 Å². The molecular weight excluding hydrogens is 351 g/mol. The number of carbonyl (C=O) groups is 1. The number of amides is 1. The first-order chi connectivity index (χ1) is 13.1. The Balaban J connectivity index is 1.32. The molecule has 0 N–H and O–H groups in total. The number of benzene rings is 1. The molecule has 0 spiro atoms. The van der Waals surface area contributed by atoms with Gasteiger partial charge in [0.15, 0.2) is 12.2 Å². The Labute approximate surface area is 155 Å². The minimum Gasteiger partial charge on any atom is -0.438 e. The van der Waals surface area contributed by atoms with Crippen molar-refractivity contribution >= 4 is 5.91 Å². The van der Waals surface area contributed by atoms with Gasteiger partial charge in [-0.05, 0) is 49.9 Å². The molecular formula is C19H19FN4O3. The van der Waals surface area contributed by atoms with E-state index in [2.05, 4.69) is 15.1 Å². The van der Waals surface area contributed by atoms with Crippen LogP contribution in [0.3, 0.4) is 0 Å². The number of likely N-dealkylation sites (tertiary alicyclic amines) is 1. The second kappa shape index (κ2) is 7.30. The summed E-state index contributed by atoms with van der Waals surface area (Å²) in [5, 5.41) is 4.00. The second-order valence-electron chi connectivity index (χ2n) is 6.73. The summed E-state index contributed by atoms with van der Waals surface area (Å²) >= 11 is 0. The summed E-state index contributed by atoms with van der Waals surface area (Å²) in [5.41, 5.74) is 1.30. The van der Waals surface area contributed by atoms with Crippen LogP contribution in [0.4, 0.5) is 4.39 Å². The fourth-order valence-electron chi connectivity index (χ4n) is 3.30. The average Bonchev–Trinajstić information content (AvgIpc) is 3.41. The molecule has 1 aliphatic heterocycles. The summed E-state index contributed by atoms with van der Waals surface area (Å²) in [6.07, 6.45) is 3.76. The molecule has 0 radical (unpaired) electrons. The van der Waals surface area contributed by atoms with E-state index < -0.39 is 0 Å². The van der Waals surface area contributed by atoms with Gasteiger partial charge in [0.1, 0.15) is 5.82 Å². The third-order valence-electron chi connectivity index (χ3n) is 4.85. The Morgan fingerprint density at radius 3 is 2.89 bits per heavy atom. The number of hydrogen-bond acceptors (Lipinski definition) is 6. The van der Waals surface area contributed by atoms with E-state index in [0.29, 0.717) is 54.2 Å². The molecule has 1 unspecified atom stereocenters. The van der Waals surface area contributed by atoms with Gasteiger partial charge in [0.2, 0.25) is 5.76 Å². The lowest BCUT2D eigenvalue weighted by atomic mass is 10.0. The Morgan fingerprint density at radius 1 is 1.33 bits per heavy atom. The van der Waals surface area contributed by atoms with Crippen LogP contribution in [0.5, 0.6) is 0 Å². The quantitative estimate of drug-likeness (QED) is 0.685. The van der Waals surface area contributed by atoms with Crippen LogP contribution in [-0.2, 0) is 6.42 Å². The normalized spacial score (nSPS) is 16.8. The highest BCUT2D eigenvalue weighted by atomic mass is 19.1. The molecule has 0 aliphatic carbocycles. The van der Waals surface area contributed by atoms with Gasteiger partial charge >= 0.3 is 0 Å². The molecule has 1 aromatic carbocycles. The Hall–Kier alpha value is -3.03. The third kappa shape index (κ3) is 3.74. The number of halogens is 1. The first-order valence-corrected chi connectivity index (χ1v) is 8.88. The maximum Gasteiger partial charge on any atom is 0.291 e. The van der Waals surface area contributed by atoms with Crippen LogP contribution < -0.4 is 0 Å². The SMILES string of the molecule is Cc1ncoc1C(=O)N1CCC(CCc2noc(-c3ccc(F)cc3)n2)C1. The number of aromatic nitrogens is 3. The topological polar surface area (TPSA) is 85.3 Å². The van der Waals surface area contributed by atoms with E-state index >= 15 is 0 Å². The molecule has 140 valence electrons. The third-order valence-corrected chi connectivity index (χ3v) is 4.85. The van der Waals surface area contributed by atoms with Crippen molar-refractivity contribution in [3.05, 3.63) is 53.8 Å². The number of hydrogen-bond donors (Lipinski definition) is 0. The maximum absolute atomic E-state index is 13.0. The first-order valence-electron chi connectivity index (χ1n) is 8.88.